The van der Waals surface area contributed by atoms with Gasteiger partial charge in [0, 0.05) is 10.7 Å². The van der Waals surface area contributed by atoms with Gasteiger partial charge in [0.1, 0.15) is 11.6 Å². The lowest BCUT2D eigenvalue weighted by Crippen LogP contribution is -2.19. The number of benzene rings is 2. The van der Waals surface area contributed by atoms with E-state index in [0.717, 1.165) is 6.07 Å². The van der Waals surface area contributed by atoms with E-state index in [1.165, 1.54) is 19.2 Å². The van der Waals surface area contributed by atoms with Crippen LogP contribution >= 0.6 is 23.2 Å². The van der Waals surface area contributed by atoms with E-state index in [0.29, 0.717) is 22.1 Å². The molecule has 0 spiro atoms. The van der Waals surface area contributed by atoms with E-state index in [1.807, 2.05) is 0 Å². The summed E-state index contributed by atoms with van der Waals surface area (Å²) in [6.45, 7) is 0. The highest BCUT2D eigenvalue weighted by molar-refractivity contribution is 6.31. The van der Waals surface area contributed by atoms with Crippen molar-refractivity contribution in [2.24, 2.45) is 0 Å². The molecule has 0 aliphatic carbocycles. The fourth-order valence-electron chi connectivity index (χ4n) is 1.64. The molecule has 2 amide bonds. The number of hydrogen-bond acceptors (Lipinski definition) is 2. The van der Waals surface area contributed by atoms with Gasteiger partial charge in [0.2, 0.25) is 0 Å². The second-order valence-corrected chi connectivity index (χ2v) is 4.90. The van der Waals surface area contributed by atoms with Crippen molar-refractivity contribution in [3.05, 3.63) is 52.3 Å². The van der Waals surface area contributed by atoms with E-state index in [-0.39, 0.29) is 5.02 Å². The van der Waals surface area contributed by atoms with Crippen LogP contribution in [0.5, 0.6) is 5.75 Å². The van der Waals surface area contributed by atoms with E-state index in [2.05, 4.69) is 10.6 Å². The molecule has 2 rings (SSSR count). The summed E-state index contributed by atoms with van der Waals surface area (Å²) in [6, 6.07) is 8.17. The van der Waals surface area contributed by atoms with Gasteiger partial charge in [0.25, 0.3) is 0 Å². The van der Waals surface area contributed by atoms with Gasteiger partial charge in [-0.15, -0.1) is 0 Å². The summed E-state index contributed by atoms with van der Waals surface area (Å²) in [5.74, 6) is -0.0918. The van der Waals surface area contributed by atoms with Gasteiger partial charge in [-0.2, -0.15) is 0 Å². The predicted molar refractivity (Wildman–Crippen MR) is 82.1 cm³/mol. The molecule has 0 saturated carbocycles. The molecule has 2 aromatic carbocycles. The Morgan fingerprint density at radius 1 is 1.14 bits per heavy atom. The molecule has 4 nitrogen and oxygen atoms in total. The summed E-state index contributed by atoms with van der Waals surface area (Å²) in [5.41, 5.74) is 0.774. The molecule has 2 aromatic rings. The zero-order chi connectivity index (χ0) is 15.4. The Morgan fingerprint density at radius 2 is 1.90 bits per heavy atom. The number of rotatable bonds is 3. The van der Waals surface area contributed by atoms with E-state index in [1.54, 1.807) is 18.2 Å². The van der Waals surface area contributed by atoms with E-state index < -0.39 is 11.8 Å². The highest BCUT2D eigenvalue weighted by Crippen LogP contribution is 2.28. The van der Waals surface area contributed by atoms with Crippen molar-refractivity contribution in [2.45, 2.75) is 0 Å². The maximum atomic E-state index is 13.0. The van der Waals surface area contributed by atoms with Gasteiger partial charge in [-0.25, -0.2) is 9.18 Å². The van der Waals surface area contributed by atoms with Crippen molar-refractivity contribution in [2.75, 3.05) is 17.7 Å². The Labute approximate surface area is 130 Å². The average Bonchev–Trinajstić information content (AvgIpc) is 2.43. The molecule has 0 bridgehead atoms. The Hall–Kier alpha value is -1.98. The number of carbonyl (C=O) groups is 1. The third kappa shape index (κ3) is 4.00. The number of anilines is 2. The highest BCUT2D eigenvalue weighted by Gasteiger charge is 2.09. The lowest BCUT2D eigenvalue weighted by molar-refractivity contribution is 0.262. The van der Waals surface area contributed by atoms with Crippen LogP contribution in [0.25, 0.3) is 0 Å². The van der Waals surface area contributed by atoms with Crippen molar-refractivity contribution in [3.8, 4) is 5.75 Å². The first-order valence-corrected chi connectivity index (χ1v) is 6.62. The number of methoxy groups -OCH3 is 1. The number of urea groups is 1. The molecule has 21 heavy (non-hydrogen) atoms. The Balaban J connectivity index is 2.11. The van der Waals surface area contributed by atoms with Crippen LogP contribution in [0.1, 0.15) is 0 Å². The molecule has 0 fully saturated rings. The minimum Gasteiger partial charge on any atom is -0.495 e. The van der Waals surface area contributed by atoms with Gasteiger partial charge in [0.15, 0.2) is 0 Å². The number of ether oxygens (including phenoxy) is 1. The zero-order valence-corrected chi connectivity index (χ0v) is 12.4. The van der Waals surface area contributed by atoms with E-state index in [4.69, 9.17) is 27.9 Å². The van der Waals surface area contributed by atoms with Crippen molar-refractivity contribution in [1.82, 2.24) is 0 Å². The summed E-state index contributed by atoms with van der Waals surface area (Å²) in [4.78, 5) is 11.9. The minimum atomic E-state index is -0.556. The first-order valence-electron chi connectivity index (χ1n) is 5.86. The van der Waals surface area contributed by atoms with Crippen molar-refractivity contribution >= 4 is 40.6 Å². The number of carbonyl (C=O) groups excluding carboxylic acids is 1. The molecule has 0 aliphatic rings. The molecule has 0 aliphatic heterocycles. The minimum absolute atomic E-state index is 0.0758. The van der Waals surface area contributed by atoms with E-state index >= 15 is 0 Å². The maximum Gasteiger partial charge on any atom is 0.323 e. The maximum absolute atomic E-state index is 13.0. The lowest BCUT2D eigenvalue weighted by atomic mass is 10.3. The molecule has 0 radical (unpaired) electrons. The molecule has 0 saturated heterocycles. The Morgan fingerprint density at radius 3 is 2.57 bits per heavy atom. The van der Waals surface area contributed by atoms with Crippen LogP contribution in [-0.4, -0.2) is 13.1 Å². The van der Waals surface area contributed by atoms with Crippen LogP contribution in [0, 0.1) is 5.82 Å². The number of amides is 2. The summed E-state index contributed by atoms with van der Waals surface area (Å²) in [5, 5.41) is 5.50. The zero-order valence-electron chi connectivity index (χ0n) is 10.9. The van der Waals surface area contributed by atoms with Crippen molar-refractivity contribution in [3.63, 3.8) is 0 Å². The lowest BCUT2D eigenvalue weighted by Gasteiger charge is -2.11. The summed E-state index contributed by atoms with van der Waals surface area (Å²) < 4.78 is 18.1. The molecule has 0 atom stereocenters. The summed E-state index contributed by atoms with van der Waals surface area (Å²) in [6.07, 6.45) is 0. The summed E-state index contributed by atoms with van der Waals surface area (Å²) >= 11 is 11.5. The van der Waals surface area contributed by atoms with Gasteiger partial charge in [0.05, 0.1) is 17.8 Å². The van der Waals surface area contributed by atoms with Gasteiger partial charge in [-0.05, 0) is 36.4 Å². The predicted octanol–water partition coefficient (Wildman–Crippen LogP) is 4.79. The third-order valence-corrected chi connectivity index (χ3v) is 3.11. The molecule has 0 aromatic heterocycles. The van der Waals surface area contributed by atoms with Gasteiger partial charge >= 0.3 is 6.03 Å². The molecular weight excluding hydrogens is 318 g/mol. The van der Waals surface area contributed by atoms with Crippen LogP contribution in [0.3, 0.4) is 0 Å². The molecule has 2 N–H and O–H groups in total. The SMILES string of the molecule is COc1ccc(Cl)cc1NC(=O)Nc1ccc(F)c(Cl)c1. The largest absolute Gasteiger partial charge is 0.495 e. The third-order valence-electron chi connectivity index (χ3n) is 2.59. The first-order chi connectivity index (χ1) is 9.99. The first kappa shape index (κ1) is 15.4. The molecule has 0 unspecified atom stereocenters. The van der Waals surface area contributed by atoms with Crippen molar-refractivity contribution < 1.29 is 13.9 Å². The van der Waals surface area contributed by atoms with Crippen molar-refractivity contribution in [1.29, 1.82) is 0 Å². The fraction of sp³-hybridized carbons (Fsp3) is 0.0714. The van der Waals surface area contributed by atoms with Crippen LogP contribution in [0.2, 0.25) is 10.0 Å². The smallest absolute Gasteiger partial charge is 0.323 e. The quantitative estimate of drug-likeness (QED) is 0.851. The number of hydrogen-bond donors (Lipinski definition) is 2. The molecule has 0 heterocycles. The molecule has 110 valence electrons. The monoisotopic (exact) mass is 328 g/mol. The van der Waals surface area contributed by atoms with Crippen LogP contribution < -0.4 is 15.4 Å². The van der Waals surface area contributed by atoms with Gasteiger partial charge < -0.3 is 15.4 Å². The summed E-state index contributed by atoms with van der Waals surface area (Å²) in [7, 11) is 1.48. The van der Waals surface area contributed by atoms with Gasteiger partial charge in [-0.3, -0.25) is 0 Å². The Kier molecular flexibility index (Phi) is 4.88. The normalized spacial score (nSPS) is 10.1. The van der Waals surface area contributed by atoms with Crippen LogP contribution in [-0.2, 0) is 0 Å². The van der Waals surface area contributed by atoms with Crippen LogP contribution in [0.15, 0.2) is 36.4 Å². The van der Waals surface area contributed by atoms with E-state index in [9.17, 15) is 9.18 Å². The average molecular weight is 329 g/mol. The highest BCUT2D eigenvalue weighted by atomic mass is 35.5. The fourth-order valence-corrected chi connectivity index (χ4v) is 1.99. The van der Waals surface area contributed by atoms with Gasteiger partial charge in [-0.1, -0.05) is 23.2 Å². The standard InChI is InChI=1S/C14H11Cl2FN2O2/c1-21-13-5-2-8(15)6-12(13)19-14(20)18-9-3-4-11(17)10(16)7-9/h2-7H,1H3,(H2,18,19,20). The Bertz CT molecular complexity index is 680. The number of halogens is 3. The second kappa shape index (κ2) is 6.65. The van der Waals surface area contributed by atoms with Crippen LogP contribution in [0.4, 0.5) is 20.6 Å². The molecular formula is C14H11Cl2FN2O2. The topological polar surface area (TPSA) is 50.4 Å². The molecule has 7 heteroatoms. The second-order valence-electron chi connectivity index (χ2n) is 4.05. The number of nitrogens with one attached hydrogen (secondary N) is 2.